The van der Waals surface area contributed by atoms with Gasteiger partial charge in [0, 0.05) is 11.4 Å². The van der Waals surface area contributed by atoms with E-state index in [9.17, 15) is 22.8 Å². The maximum atomic E-state index is 12.9. The molecule has 0 saturated heterocycles. The van der Waals surface area contributed by atoms with Crippen molar-refractivity contribution in [2.75, 3.05) is 10.6 Å². The molecule has 0 heterocycles. The normalized spacial score (nSPS) is 11.2. The monoisotopic (exact) mass is 398 g/mol. The number of rotatable bonds is 5. The SMILES string of the molecule is CCc1cccc(C)c1NC(=O)CC(=O)Nc1ccc(Cl)c(C(F)(F)F)c1. The third-order valence-corrected chi connectivity index (χ3v) is 4.21. The molecule has 27 heavy (non-hydrogen) atoms. The smallest absolute Gasteiger partial charge is 0.326 e. The molecular formula is C19H18ClF3N2O2. The highest BCUT2D eigenvalue weighted by molar-refractivity contribution is 6.31. The van der Waals surface area contributed by atoms with Crippen LogP contribution in [0.15, 0.2) is 36.4 Å². The van der Waals surface area contributed by atoms with Crippen molar-refractivity contribution in [3.63, 3.8) is 0 Å². The first-order valence-corrected chi connectivity index (χ1v) is 8.54. The van der Waals surface area contributed by atoms with Crippen LogP contribution in [0.3, 0.4) is 0 Å². The van der Waals surface area contributed by atoms with Gasteiger partial charge in [-0.3, -0.25) is 9.59 Å². The van der Waals surface area contributed by atoms with E-state index in [1.165, 1.54) is 6.07 Å². The van der Waals surface area contributed by atoms with Crippen molar-refractivity contribution in [1.82, 2.24) is 0 Å². The number of alkyl halides is 3. The molecule has 0 aliphatic rings. The van der Waals surface area contributed by atoms with Gasteiger partial charge in [-0.2, -0.15) is 13.2 Å². The van der Waals surface area contributed by atoms with Crippen molar-refractivity contribution in [3.8, 4) is 0 Å². The van der Waals surface area contributed by atoms with Gasteiger partial charge in [0.25, 0.3) is 0 Å². The second-order valence-corrected chi connectivity index (χ2v) is 6.34. The van der Waals surface area contributed by atoms with Crippen molar-refractivity contribution in [3.05, 3.63) is 58.1 Å². The van der Waals surface area contributed by atoms with Crippen LogP contribution in [0, 0.1) is 6.92 Å². The Kier molecular flexibility index (Phi) is 6.49. The predicted octanol–water partition coefficient (Wildman–Crippen LogP) is 5.20. The summed E-state index contributed by atoms with van der Waals surface area (Å²) in [5.41, 5.74) is 1.28. The molecule has 2 N–H and O–H groups in total. The van der Waals surface area contributed by atoms with Crippen molar-refractivity contribution in [2.45, 2.75) is 32.9 Å². The summed E-state index contributed by atoms with van der Waals surface area (Å²) in [7, 11) is 0. The Labute approximate surface area is 159 Å². The molecule has 0 aromatic heterocycles. The Morgan fingerprint density at radius 3 is 2.37 bits per heavy atom. The molecule has 0 unspecified atom stereocenters. The molecule has 2 aromatic rings. The molecule has 144 valence electrons. The average Bonchev–Trinajstić information content (AvgIpc) is 2.57. The van der Waals surface area contributed by atoms with Crippen molar-refractivity contribution in [2.24, 2.45) is 0 Å². The van der Waals surface area contributed by atoms with Crippen LogP contribution in [0.25, 0.3) is 0 Å². The summed E-state index contributed by atoms with van der Waals surface area (Å²) in [6.07, 6.45) is -4.47. The van der Waals surface area contributed by atoms with Crippen LogP contribution in [-0.2, 0) is 22.2 Å². The molecule has 0 radical (unpaired) electrons. The van der Waals surface area contributed by atoms with Gasteiger partial charge in [0.1, 0.15) is 6.42 Å². The summed E-state index contributed by atoms with van der Waals surface area (Å²) in [5.74, 6) is -1.28. The summed E-state index contributed by atoms with van der Waals surface area (Å²) in [5, 5.41) is 4.51. The number of para-hydroxylation sites is 1. The summed E-state index contributed by atoms with van der Waals surface area (Å²) in [6.45, 7) is 3.77. The standard InChI is InChI=1S/C19H18ClF3N2O2/c1-3-12-6-4-5-11(2)18(12)25-17(27)10-16(26)24-13-7-8-15(20)14(9-13)19(21,22)23/h4-9H,3,10H2,1-2H3,(H,24,26)(H,25,27). The third kappa shape index (κ3) is 5.47. The van der Waals surface area contributed by atoms with Crippen LogP contribution in [0.1, 0.15) is 30.0 Å². The van der Waals surface area contributed by atoms with Gasteiger partial charge in [-0.15, -0.1) is 0 Å². The Morgan fingerprint density at radius 1 is 1.07 bits per heavy atom. The second kappa shape index (κ2) is 8.43. The number of halogens is 4. The van der Waals surface area contributed by atoms with Crippen molar-refractivity contribution >= 4 is 34.8 Å². The zero-order valence-corrected chi connectivity index (χ0v) is 15.5. The quantitative estimate of drug-likeness (QED) is 0.680. The number of hydrogen-bond donors (Lipinski definition) is 2. The highest BCUT2D eigenvalue weighted by atomic mass is 35.5. The first-order chi connectivity index (χ1) is 12.6. The summed E-state index contributed by atoms with van der Waals surface area (Å²) < 4.78 is 38.6. The summed E-state index contributed by atoms with van der Waals surface area (Å²) >= 11 is 5.54. The molecule has 0 aliphatic heterocycles. The lowest BCUT2D eigenvalue weighted by atomic mass is 10.1. The first kappa shape index (κ1) is 20.8. The molecular weight excluding hydrogens is 381 g/mol. The van der Waals surface area contributed by atoms with Crippen molar-refractivity contribution in [1.29, 1.82) is 0 Å². The number of benzene rings is 2. The van der Waals surface area contributed by atoms with Crippen LogP contribution in [0.4, 0.5) is 24.5 Å². The zero-order chi connectivity index (χ0) is 20.2. The third-order valence-electron chi connectivity index (χ3n) is 3.88. The van der Waals surface area contributed by atoms with Gasteiger partial charge in [0.05, 0.1) is 10.6 Å². The molecule has 2 aromatic carbocycles. The number of carbonyl (C=O) groups is 2. The number of anilines is 2. The molecule has 0 aliphatic carbocycles. The largest absolute Gasteiger partial charge is 0.417 e. The van der Waals surface area contributed by atoms with E-state index in [1.54, 1.807) is 0 Å². The number of amides is 2. The summed E-state index contributed by atoms with van der Waals surface area (Å²) in [4.78, 5) is 24.2. The lowest BCUT2D eigenvalue weighted by Crippen LogP contribution is -2.22. The van der Waals surface area contributed by atoms with Crippen LogP contribution >= 0.6 is 11.6 Å². The fourth-order valence-corrected chi connectivity index (χ4v) is 2.78. The Morgan fingerprint density at radius 2 is 1.74 bits per heavy atom. The van der Waals surface area contributed by atoms with E-state index in [1.807, 2.05) is 32.0 Å². The van der Waals surface area contributed by atoms with Gasteiger partial charge in [-0.25, -0.2) is 0 Å². The van der Waals surface area contributed by atoms with E-state index in [0.29, 0.717) is 12.1 Å². The van der Waals surface area contributed by atoms with E-state index in [0.717, 1.165) is 23.3 Å². The average molecular weight is 399 g/mol. The lowest BCUT2D eigenvalue weighted by molar-refractivity contribution is -0.137. The molecule has 2 amide bonds. The van der Waals surface area contributed by atoms with Gasteiger partial charge < -0.3 is 10.6 Å². The number of hydrogen-bond acceptors (Lipinski definition) is 2. The predicted molar refractivity (Wildman–Crippen MR) is 98.9 cm³/mol. The molecule has 4 nitrogen and oxygen atoms in total. The van der Waals surface area contributed by atoms with Gasteiger partial charge in [-0.1, -0.05) is 36.7 Å². The van der Waals surface area contributed by atoms with Crippen LogP contribution in [0.2, 0.25) is 5.02 Å². The molecule has 2 rings (SSSR count). The fraction of sp³-hybridized carbons (Fsp3) is 0.263. The lowest BCUT2D eigenvalue weighted by Gasteiger charge is -2.14. The highest BCUT2D eigenvalue weighted by Gasteiger charge is 2.33. The minimum atomic E-state index is -4.64. The molecule has 0 saturated carbocycles. The summed E-state index contributed by atoms with van der Waals surface area (Å²) in [6, 6.07) is 8.59. The second-order valence-electron chi connectivity index (χ2n) is 5.93. The first-order valence-electron chi connectivity index (χ1n) is 8.16. The van der Waals surface area contributed by atoms with Gasteiger partial charge in [0.15, 0.2) is 0 Å². The minimum Gasteiger partial charge on any atom is -0.326 e. The van der Waals surface area contributed by atoms with Gasteiger partial charge >= 0.3 is 6.18 Å². The maximum absolute atomic E-state index is 12.9. The molecule has 0 spiro atoms. The fourth-order valence-electron chi connectivity index (χ4n) is 2.56. The number of carbonyl (C=O) groups excluding carboxylic acids is 2. The molecule has 0 atom stereocenters. The van der Waals surface area contributed by atoms with E-state index < -0.39 is 35.0 Å². The van der Waals surface area contributed by atoms with E-state index in [2.05, 4.69) is 10.6 Å². The Hall–Kier alpha value is -2.54. The van der Waals surface area contributed by atoms with Crippen LogP contribution in [0.5, 0.6) is 0 Å². The molecule has 8 heteroatoms. The zero-order valence-electron chi connectivity index (χ0n) is 14.7. The molecule has 0 fully saturated rings. The maximum Gasteiger partial charge on any atom is 0.417 e. The number of nitrogens with one attached hydrogen (secondary N) is 2. The van der Waals surface area contributed by atoms with E-state index in [-0.39, 0.29) is 5.69 Å². The van der Waals surface area contributed by atoms with Crippen LogP contribution in [-0.4, -0.2) is 11.8 Å². The van der Waals surface area contributed by atoms with E-state index >= 15 is 0 Å². The number of aryl methyl sites for hydroxylation is 2. The minimum absolute atomic E-state index is 0.0883. The van der Waals surface area contributed by atoms with Gasteiger partial charge in [-0.05, 0) is 42.7 Å². The van der Waals surface area contributed by atoms with E-state index in [4.69, 9.17) is 11.6 Å². The van der Waals surface area contributed by atoms with Crippen LogP contribution < -0.4 is 10.6 Å². The topological polar surface area (TPSA) is 58.2 Å². The van der Waals surface area contributed by atoms with Crippen molar-refractivity contribution < 1.29 is 22.8 Å². The Bertz CT molecular complexity index is 867. The highest BCUT2D eigenvalue weighted by Crippen LogP contribution is 2.36. The van der Waals surface area contributed by atoms with Gasteiger partial charge in [0.2, 0.25) is 11.8 Å². The molecule has 0 bridgehead atoms. The Balaban J connectivity index is 2.05.